The molecule has 1 aliphatic rings. The van der Waals surface area contributed by atoms with E-state index in [1.807, 2.05) is 0 Å². The third-order valence-electron chi connectivity index (χ3n) is 6.08. The third kappa shape index (κ3) is 5.53. The summed E-state index contributed by atoms with van der Waals surface area (Å²) in [7, 11) is -1.33. The van der Waals surface area contributed by atoms with Crippen LogP contribution in [0.4, 0.5) is 14.5 Å². The number of rotatable bonds is 10. The lowest BCUT2D eigenvalue weighted by molar-refractivity contribution is -0.0495. The quantitative estimate of drug-likeness (QED) is 0.229. The van der Waals surface area contributed by atoms with Gasteiger partial charge in [0.2, 0.25) is 0 Å². The van der Waals surface area contributed by atoms with Crippen LogP contribution in [0.25, 0.3) is 16.9 Å². The number of hydrogen-bond acceptors (Lipinski definition) is 7. The first-order valence-corrected chi connectivity index (χ1v) is 15.9. The minimum atomic E-state index is -3.04. The minimum Gasteiger partial charge on any atom is -0.493 e. The number of carbonyl (C=O) groups excluding carboxylic acids is 1. The van der Waals surface area contributed by atoms with E-state index < -0.39 is 20.6 Å². The Hall–Kier alpha value is -3.84. The van der Waals surface area contributed by atoms with Crippen LogP contribution in [0.2, 0.25) is 25.7 Å². The number of nitrogens with zero attached hydrogens (tertiary/aromatic N) is 5. The molecule has 38 heavy (non-hydrogen) atoms. The first-order chi connectivity index (χ1) is 18.2. The Morgan fingerprint density at radius 2 is 2.08 bits per heavy atom. The number of halogens is 2. The van der Waals surface area contributed by atoms with E-state index in [0.717, 1.165) is 11.6 Å². The molecule has 0 unspecified atom stereocenters. The predicted molar refractivity (Wildman–Crippen MR) is 139 cm³/mol. The van der Waals surface area contributed by atoms with Crippen LogP contribution in [-0.2, 0) is 17.9 Å². The molecular formula is C25H28F2N6O4Si. The van der Waals surface area contributed by atoms with Gasteiger partial charge >= 0.3 is 6.61 Å². The minimum absolute atomic E-state index is 0.0405. The molecule has 0 spiro atoms. The molecule has 10 nitrogen and oxygen atoms in total. The molecule has 1 aliphatic heterocycles. The zero-order valence-corrected chi connectivity index (χ0v) is 22.3. The Morgan fingerprint density at radius 3 is 2.87 bits per heavy atom. The van der Waals surface area contributed by atoms with Crippen molar-refractivity contribution in [2.75, 3.05) is 18.5 Å². The lowest BCUT2D eigenvalue weighted by Crippen LogP contribution is -2.22. The van der Waals surface area contributed by atoms with Gasteiger partial charge in [-0.2, -0.15) is 19.0 Å². The van der Waals surface area contributed by atoms with E-state index in [1.54, 1.807) is 30.6 Å². The molecule has 1 N–H and O–H groups in total. The van der Waals surface area contributed by atoms with Crippen molar-refractivity contribution in [1.82, 2.24) is 24.4 Å². The van der Waals surface area contributed by atoms with Gasteiger partial charge in [-0.25, -0.2) is 14.2 Å². The standard InChI is InChI=1S/C25H28F2N6O4Si/c1-38(2,3)10-9-35-15-33-22(17-12-20-16(5-8-36-20)11-21(17)37-25(26)27)19(14-30-33)31-24(34)18-13-29-32-7-4-6-28-23(18)32/h4,6-7,11-14,25H,5,8-10,15H2,1-3H3,(H,31,34). The molecule has 13 heteroatoms. The van der Waals surface area contributed by atoms with E-state index in [4.69, 9.17) is 14.2 Å². The number of hydrogen-bond donors (Lipinski definition) is 1. The van der Waals surface area contributed by atoms with Crippen molar-refractivity contribution in [3.8, 4) is 22.8 Å². The van der Waals surface area contributed by atoms with Crippen molar-refractivity contribution >= 4 is 25.3 Å². The number of alkyl halides is 2. The van der Waals surface area contributed by atoms with E-state index in [9.17, 15) is 13.6 Å². The molecule has 1 amide bonds. The molecule has 5 rings (SSSR count). The Balaban J connectivity index is 1.53. The average molecular weight is 543 g/mol. The summed E-state index contributed by atoms with van der Waals surface area (Å²) in [6.07, 6.45) is 6.69. The molecule has 0 saturated heterocycles. The predicted octanol–water partition coefficient (Wildman–Crippen LogP) is 4.69. The van der Waals surface area contributed by atoms with Crippen molar-refractivity contribution in [1.29, 1.82) is 0 Å². The number of fused-ring (bicyclic) bond motifs is 2. The molecule has 4 heterocycles. The number of amides is 1. The number of anilines is 1. The highest BCUT2D eigenvalue weighted by Gasteiger charge is 2.26. The molecule has 0 atom stereocenters. The number of benzene rings is 1. The fraction of sp³-hybridized carbons (Fsp3) is 0.360. The number of ether oxygens (including phenoxy) is 3. The van der Waals surface area contributed by atoms with Gasteiger partial charge in [-0.05, 0) is 24.2 Å². The summed E-state index contributed by atoms with van der Waals surface area (Å²) in [6, 6.07) is 5.84. The zero-order valence-electron chi connectivity index (χ0n) is 21.3. The van der Waals surface area contributed by atoms with Crippen LogP contribution in [0.3, 0.4) is 0 Å². The van der Waals surface area contributed by atoms with Gasteiger partial charge in [0, 0.05) is 44.6 Å². The number of nitrogens with one attached hydrogen (secondary N) is 1. The molecule has 0 bridgehead atoms. The second kappa shape index (κ2) is 10.5. The summed E-state index contributed by atoms with van der Waals surface area (Å²) in [5.74, 6) is 0.0484. The number of aromatic nitrogens is 5. The smallest absolute Gasteiger partial charge is 0.387 e. The van der Waals surface area contributed by atoms with Gasteiger partial charge < -0.3 is 19.5 Å². The Morgan fingerprint density at radius 1 is 1.24 bits per heavy atom. The van der Waals surface area contributed by atoms with Gasteiger partial charge in [0.1, 0.15) is 23.8 Å². The normalized spacial score (nSPS) is 13.1. The maximum atomic E-state index is 13.4. The molecule has 4 aromatic rings. The van der Waals surface area contributed by atoms with Gasteiger partial charge in [0.05, 0.1) is 30.4 Å². The fourth-order valence-corrected chi connectivity index (χ4v) is 4.90. The van der Waals surface area contributed by atoms with Gasteiger partial charge in [0.15, 0.2) is 5.65 Å². The lowest BCUT2D eigenvalue weighted by Gasteiger charge is -2.18. The van der Waals surface area contributed by atoms with Crippen LogP contribution in [-0.4, -0.2) is 58.2 Å². The van der Waals surface area contributed by atoms with Crippen LogP contribution in [0.1, 0.15) is 15.9 Å². The molecule has 0 aliphatic carbocycles. The summed E-state index contributed by atoms with van der Waals surface area (Å²) >= 11 is 0. The van der Waals surface area contributed by atoms with Crippen LogP contribution in [0, 0.1) is 0 Å². The maximum Gasteiger partial charge on any atom is 0.387 e. The first-order valence-electron chi connectivity index (χ1n) is 12.2. The topological polar surface area (TPSA) is 105 Å². The van der Waals surface area contributed by atoms with E-state index in [2.05, 4.69) is 40.1 Å². The van der Waals surface area contributed by atoms with Crippen molar-refractivity contribution in [2.24, 2.45) is 0 Å². The van der Waals surface area contributed by atoms with Crippen LogP contribution in [0.15, 0.2) is 43.0 Å². The number of carbonyl (C=O) groups is 1. The average Bonchev–Trinajstić information content (AvgIpc) is 3.58. The fourth-order valence-electron chi connectivity index (χ4n) is 4.15. The molecular weight excluding hydrogens is 514 g/mol. The van der Waals surface area contributed by atoms with Gasteiger partial charge in [-0.1, -0.05) is 19.6 Å². The summed E-state index contributed by atoms with van der Waals surface area (Å²) in [5, 5.41) is 11.4. The van der Waals surface area contributed by atoms with Crippen LogP contribution < -0.4 is 14.8 Å². The molecule has 200 valence electrons. The van der Waals surface area contributed by atoms with E-state index >= 15 is 0 Å². The Labute approximate surface area is 218 Å². The summed E-state index contributed by atoms with van der Waals surface area (Å²) in [6.45, 7) is 4.72. The highest BCUT2D eigenvalue weighted by atomic mass is 28.3. The Kier molecular flexibility index (Phi) is 7.12. The van der Waals surface area contributed by atoms with Crippen molar-refractivity contribution < 1.29 is 27.8 Å². The second-order valence-corrected chi connectivity index (χ2v) is 15.7. The monoisotopic (exact) mass is 542 g/mol. The SMILES string of the molecule is C[Si](C)(C)CCOCn1ncc(NC(=O)c2cnn3cccnc23)c1-c1cc2c(cc1OC(F)F)CCO2. The van der Waals surface area contributed by atoms with E-state index in [0.29, 0.717) is 42.3 Å². The highest BCUT2D eigenvalue weighted by molar-refractivity contribution is 6.76. The van der Waals surface area contributed by atoms with Crippen molar-refractivity contribution in [3.05, 3.63) is 54.1 Å². The largest absolute Gasteiger partial charge is 0.493 e. The Bertz CT molecular complexity index is 1470. The van der Waals surface area contributed by atoms with E-state index in [1.165, 1.54) is 21.6 Å². The third-order valence-corrected chi connectivity index (χ3v) is 7.79. The van der Waals surface area contributed by atoms with Crippen LogP contribution >= 0.6 is 0 Å². The van der Waals surface area contributed by atoms with Crippen molar-refractivity contribution in [2.45, 2.75) is 45.4 Å². The molecule has 3 aromatic heterocycles. The summed E-state index contributed by atoms with van der Waals surface area (Å²) < 4.78 is 46.3. The highest BCUT2D eigenvalue weighted by Crippen LogP contribution is 2.42. The van der Waals surface area contributed by atoms with Crippen molar-refractivity contribution in [3.63, 3.8) is 0 Å². The molecule has 0 radical (unpaired) electrons. The zero-order chi connectivity index (χ0) is 26.9. The van der Waals surface area contributed by atoms with Gasteiger partial charge in [0.25, 0.3) is 5.91 Å². The second-order valence-electron chi connectivity index (χ2n) is 10.1. The van der Waals surface area contributed by atoms with Gasteiger partial charge in [-0.15, -0.1) is 0 Å². The first kappa shape index (κ1) is 25.8. The molecule has 1 aromatic carbocycles. The summed E-state index contributed by atoms with van der Waals surface area (Å²) in [5.41, 5.74) is 2.33. The molecule has 0 fully saturated rings. The van der Waals surface area contributed by atoms with Gasteiger partial charge in [-0.3, -0.25) is 4.79 Å². The molecule has 0 saturated carbocycles. The van der Waals surface area contributed by atoms with E-state index in [-0.39, 0.29) is 23.7 Å². The summed E-state index contributed by atoms with van der Waals surface area (Å²) in [4.78, 5) is 17.5. The van der Waals surface area contributed by atoms with Crippen LogP contribution in [0.5, 0.6) is 11.5 Å². The maximum absolute atomic E-state index is 13.4. The lowest BCUT2D eigenvalue weighted by atomic mass is 10.0.